The van der Waals surface area contributed by atoms with E-state index in [4.69, 9.17) is 4.74 Å². The molecule has 0 fully saturated rings. The molecule has 4 nitrogen and oxygen atoms in total. The van der Waals surface area contributed by atoms with Crippen LogP contribution in [0.5, 0.6) is 0 Å². The molecule has 0 saturated heterocycles. The number of carboxylic acid groups (broad SMARTS) is 1. The van der Waals surface area contributed by atoms with E-state index in [9.17, 15) is 14.7 Å². The summed E-state index contributed by atoms with van der Waals surface area (Å²) in [5, 5.41) is 9.24. The molecule has 1 atom stereocenters. The Labute approximate surface area is 141 Å². The molecule has 1 unspecified atom stereocenters. The van der Waals surface area contributed by atoms with Crippen LogP contribution in [0, 0.1) is 5.41 Å². The van der Waals surface area contributed by atoms with E-state index in [1.807, 2.05) is 27.7 Å². The van der Waals surface area contributed by atoms with E-state index in [0.29, 0.717) is 15.4 Å². The van der Waals surface area contributed by atoms with Gasteiger partial charge < -0.3 is 9.84 Å². The minimum Gasteiger partial charge on any atom is -0.478 e. The van der Waals surface area contributed by atoms with Gasteiger partial charge in [-0.2, -0.15) is 0 Å². The maximum absolute atomic E-state index is 12.3. The summed E-state index contributed by atoms with van der Waals surface area (Å²) in [7, 11) is 0. The van der Waals surface area contributed by atoms with Gasteiger partial charge in [0.1, 0.15) is 6.10 Å². The monoisotopic (exact) mass is 420 g/mol. The van der Waals surface area contributed by atoms with Crippen LogP contribution in [0.15, 0.2) is 21.1 Å². The Morgan fingerprint density at radius 2 is 1.67 bits per heavy atom. The smallest absolute Gasteiger partial charge is 0.339 e. The Bertz CT molecular complexity index is 562. The van der Waals surface area contributed by atoms with Crippen molar-refractivity contribution in [2.24, 2.45) is 5.41 Å². The zero-order chi connectivity index (χ0) is 16.4. The predicted octanol–water partition coefficient (Wildman–Crippen LogP) is 4.89. The quantitative estimate of drug-likeness (QED) is 0.702. The van der Waals surface area contributed by atoms with Crippen LogP contribution in [-0.4, -0.2) is 23.1 Å². The number of hydrogen-bond acceptors (Lipinski definition) is 3. The number of carboxylic acids is 1. The van der Waals surface area contributed by atoms with Gasteiger partial charge in [0.25, 0.3) is 0 Å². The first kappa shape index (κ1) is 18.2. The zero-order valence-electron chi connectivity index (χ0n) is 12.4. The third-order valence-electron chi connectivity index (χ3n) is 3.10. The molecule has 1 rings (SSSR count). The van der Waals surface area contributed by atoms with Crippen molar-refractivity contribution in [1.82, 2.24) is 0 Å². The van der Waals surface area contributed by atoms with Crippen LogP contribution in [0.1, 0.15) is 54.8 Å². The van der Waals surface area contributed by atoms with E-state index in [-0.39, 0.29) is 22.6 Å². The lowest BCUT2D eigenvalue weighted by molar-refractivity contribution is -0.00429. The highest BCUT2D eigenvalue weighted by atomic mass is 79.9. The van der Waals surface area contributed by atoms with Crippen molar-refractivity contribution in [1.29, 1.82) is 0 Å². The SMILES string of the molecule is CCC(OC(=O)c1cc(Br)c(Br)cc1C(=O)O)C(C)(C)C. The Balaban J connectivity index is 3.18. The number of carbonyl (C=O) groups excluding carboxylic acids is 1. The standard InChI is InChI=1S/C15H18Br2O4/c1-5-12(15(2,3)4)21-14(20)9-7-11(17)10(16)6-8(9)13(18)19/h6-7,12H,5H2,1-4H3,(H,18,19). The minimum atomic E-state index is -1.17. The summed E-state index contributed by atoms with van der Waals surface area (Å²) in [5.41, 5.74) is -0.250. The fourth-order valence-corrected chi connectivity index (χ4v) is 2.64. The summed E-state index contributed by atoms with van der Waals surface area (Å²) in [6.45, 7) is 7.86. The van der Waals surface area contributed by atoms with Crippen LogP contribution in [0.4, 0.5) is 0 Å². The molecular weight excluding hydrogens is 404 g/mol. The molecule has 0 aliphatic carbocycles. The van der Waals surface area contributed by atoms with Crippen molar-refractivity contribution in [2.45, 2.75) is 40.2 Å². The molecule has 1 aromatic rings. The average molecular weight is 422 g/mol. The van der Waals surface area contributed by atoms with Crippen molar-refractivity contribution < 1.29 is 19.4 Å². The minimum absolute atomic E-state index is 0.0419. The highest BCUT2D eigenvalue weighted by Crippen LogP contribution is 2.30. The van der Waals surface area contributed by atoms with E-state index < -0.39 is 11.9 Å². The number of rotatable bonds is 4. The number of benzene rings is 1. The average Bonchev–Trinajstić information content (AvgIpc) is 2.36. The highest BCUT2D eigenvalue weighted by molar-refractivity contribution is 9.13. The van der Waals surface area contributed by atoms with Crippen LogP contribution in [0.2, 0.25) is 0 Å². The number of ether oxygens (including phenoxy) is 1. The molecular formula is C15H18Br2O4. The van der Waals surface area contributed by atoms with Crippen molar-refractivity contribution in [3.05, 3.63) is 32.2 Å². The molecule has 0 bridgehead atoms. The molecule has 0 aromatic heterocycles. The van der Waals surface area contributed by atoms with Gasteiger partial charge in [0.15, 0.2) is 0 Å². The summed E-state index contributed by atoms with van der Waals surface area (Å²) in [6, 6.07) is 2.85. The third kappa shape index (κ3) is 4.54. The molecule has 1 aromatic carbocycles. The molecule has 1 N–H and O–H groups in total. The summed E-state index contributed by atoms with van der Waals surface area (Å²) >= 11 is 6.50. The Morgan fingerprint density at radius 1 is 1.19 bits per heavy atom. The lowest BCUT2D eigenvalue weighted by Crippen LogP contribution is -2.31. The topological polar surface area (TPSA) is 63.6 Å². The van der Waals surface area contributed by atoms with Crippen LogP contribution < -0.4 is 0 Å². The maximum Gasteiger partial charge on any atom is 0.339 e. The largest absolute Gasteiger partial charge is 0.478 e. The zero-order valence-corrected chi connectivity index (χ0v) is 15.5. The van der Waals surface area contributed by atoms with Gasteiger partial charge in [0, 0.05) is 8.95 Å². The number of carbonyl (C=O) groups is 2. The fourth-order valence-electron chi connectivity index (χ4n) is 1.96. The first-order valence-corrected chi connectivity index (χ1v) is 8.09. The Kier molecular flexibility index (Phi) is 5.99. The number of halogens is 2. The lowest BCUT2D eigenvalue weighted by atomic mass is 9.87. The van der Waals surface area contributed by atoms with Gasteiger partial charge in [-0.1, -0.05) is 27.7 Å². The molecule has 6 heteroatoms. The molecule has 0 spiro atoms. The molecule has 0 amide bonds. The van der Waals surface area contributed by atoms with Gasteiger partial charge in [-0.25, -0.2) is 9.59 Å². The van der Waals surface area contributed by atoms with Crippen molar-refractivity contribution in [2.75, 3.05) is 0 Å². The molecule has 21 heavy (non-hydrogen) atoms. The second-order valence-corrected chi connectivity index (χ2v) is 7.49. The predicted molar refractivity (Wildman–Crippen MR) is 87.8 cm³/mol. The van der Waals surface area contributed by atoms with Crippen molar-refractivity contribution in [3.63, 3.8) is 0 Å². The molecule has 0 radical (unpaired) electrons. The van der Waals surface area contributed by atoms with Crippen LogP contribution in [0.25, 0.3) is 0 Å². The van der Waals surface area contributed by atoms with E-state index >= 15 is 0 Å². The summed E-state index contributed by atoms with van der Waals surface area (Å²) in [5.74, 6) is -1.79. The number of aromatic carboxylic acids is 1. The molecule has 0 saturated carbocycles. The van der Waals surface area contributed by atoms with Gasteiger partial charge in [-0.05, 0) is 55.8 Å². The number of hydrogen-bond donors (Lipinski definition) is 1. The second kappa shape index (κ2) is 6.92. The summed E-state index contributed by atoms with van der Waals surface area (Å²) in [6.07, 6.45) is 0.379. The third-order valence-corrected chi connectivity index (χ3v) is 4.94. The maximum atomic E-state index is 12.3. The summed E-state index contributed by atoms with van der Waals surface area (Å²) < 4.78 is 6.67. The Morgan fingerprint density at radius 3 is 2.05 bits per heavy atom. The normalized spacial score (nSPS) is 12.9. The molecule has 0 heterocycles. The Hall–Kier alpha value is -0.880. The van der Waals surface area contributed by atoms with E-state index in [2.05, 4.69) is 31.9 Å². The van der Waals surface area contributed by atoms with Crippen LogP contribution in [0.3, 0.4) is 0 Å². The van der Waals surface area contributed by atoms with Gasteiger partial charge >= 0.3 is 11.9 Å². The van der Waals surface area contributed by atoms with Crippen molar-refractivity contribution >= 4 is 43.8 Å². The van der Waals surface area contributed by atoms with Gasteiger partial charge in [-0.3, -0.25) is 0 Å². The number of esters is 1. The second-order valence-electron chi connectivity index (χ2n) is 5.79. The lowest BCUT2D eigenvalue weighted by Gasteiger charge is -2.29. The van der Waals surface area contributed by atoms with Crippen LogP contribution >= 0.6 is 31.9 Å². The first-order valence-electron chi connectivity index (χ1n) is 6.51. The fraction of sp³-hybridized carbons (Fsp3) is 0.467. The first-order chi connectivity index (χ1) is 9.57. The summed E-state index contributed by atoms with van der Waals surface area (Å²) in [4.78, 5) is 23.6. The van der Waals surface area contributed by atoms with Crippen LogP contribution in [-0.2, 0) is 4.74 Å². The highest BCUT2D eigenvalue weighted by Gasteiger charge is 2.29. The van der Waals surface area contributed by atoms with E-state index in [1.165, 1.54) is 12.1 Å². The van der Waals surface area contributed by atoms with Crippen molar-refractivity contribution in [3.8, 4) is 0 Å². The van der Waals surface area contributed by atoms with E-state index in [0.717, 1.165) is 0 Å². The van der Waals surface area contributed by atoms with Gasteiger partial charge in [0.05, 0.1) is 11.1 Å². The molecule has 116 valence electrons. The van der Waals surface area contributed by atoms with E-state index in [1.54, 1.807) is 0 Å². The molecule has 0 aliphatic rings. The van der Waals surface area contributed by atoms with Gasteiger partial charge in [0.2, 0.25) is 0 Å². The molecule has 0 aliphatic heterocycles. The van der Waals surface area contributed by atoms with Gasteiger partial charge in [-0.15, -0.1) is 0 Å².